The Labute approximate surface area is 166 Å². The van der Waals surface area contributed by atoms with Crippen LogP contribution in [0.25, 0.3) is 10.8 Å². The van der Waals surface area contributed by atoms with Crippen LogP contribution in [0.2, 0.25) is 5.02 Å². The normalized spacial score (nSPS) is 13.0. The quantitative estimate of drug-likeness (QED) is 0.437. The van der Waals surface area contributed by atoms with Crippen LogP contribution < -0.4 is 0 Å². The first kappa shape index (κ1) is 19.3. The van der Waals surface area contributed by atoms with Crippen molar-refractivity contribution in [1.29, 1.82) is 0 Å². The molecule has 0 radical (unpaired) electrons. The van der Waals surface area contributed by atoms with Crippen LogP contribution >= 0.6 is 11.6 Å². The van der Waals surface area contributed by atoms with Gasteiger partial charge < -0.3 is 0 Å². The summed E-state index contributed by atoms with van der Waals surface area (Å²) in [4.78, 5) is 3.88. The third kappa shape index (κ3) is 3.77. The van der Waals surface area contributed by atoms with Gasteiger partial charge in [-0.2, -0.15) is 8.78 Å². The Bertz CT molecular complexity index is 1170. The summed E-state index contributed by atoms with van der Waals surface area (Å²) in [5.41, 5.74) is -0.931. The van der Waals surface area contributed by atoms with Crippen molar-refractivity contribution in [3.8, 4) is 0 Å². The molecule has 29 heavy (non-hydrogen) atoms. The minimum absolute atomic E-state index is 0.370. The SMILES string of the molecule is Fc1ccc(C(Cn2cnnn2)C(F)(F)c2cc3ccc(Cl)cc3cn2)c(F)c1. The van der Waals surface area contributed by atoms with E-state index in [1.165, 1.54) is 12.3 Å². The van der Waals surface area contributed by atoms with Crippen molar-refractivity contribution in [3.63, 3.8) is 0 Å². The largest absolute Gasteiger partial charge is 0.298 e. The average Bonchev–Trinajstić information content (AvgIpc) is 3.19. The monoisotopic (exact) mass is 421 g/mol. The second-order valence-electron chi connectivity index (χ2n) is 6.43. The summed E-state index contributed by atoms with van der Waals surface area (Å²) in [6.07, 6.45) is 2.42. The summed E-state index contributed by atoms with van der Waals surface area (Å²) in [5, 5.41) is 11.9. The fraction of sp³-hybridized carbons (Fsp3) is 0.158. The molecule has 0 fully saturated rings. The molecule has 0 aliphatic rings. The predicted molar refractivity (Wildman–Crippen MR) is 97.6 cm³/mol. The molecule has 0 aliphatic carbocycles. The maximum absolute atomic E-state index is 15.6. The number of hydrogen-bond acceptors (Lipinski definition) is 4. The molecule has 4 rings (SSSR count). The predicted octanol–water partition coefficient (Wildman–Crippen LogP) is 4.73. The van der Waals surface area contributed by atoms with Gasteiger partial charge in [-0.3, -0.25) is 4.98 Å². The smallest absolute Gasteiger partial charge is 0.254 e. The van der Waals surface area contributed by atoms with Crippen LogP contribution in [0.1, 0.15) is 17.2 Å². The minimum atomic E-state index is -3.61. The number of nitrogens with zero attached hydrogens (tertiary/aromatic N) is 5. The van der Waals surface area contributed by atoms with Crippen LogP contribution in [0, 0.1) is 11.6 Å². The number of halogens is 5. The molecule has 0 spiro atoms. The van der Waals surface area contributed by atoms with E-state index in [1.807, 2.05) is 0 Å². The number of aromatic nitrogens is 5. The average molecular weight is 422 g/mol. The molecule has 0 N–H and O–H groups in total. The van der Waals surface area contributed by atoms with Gasteiger partial charge in [-0.25, -0.2) is 13.5 Å². The molecule has 10 heteroatoms. The van der Waals surface area contributed by atoms with Gasteiger partial charge in [0.15, 0.2) is 0 Å². The van der Waals surface area contributed by atoms with Gasteiger partial charge in [-0.05, 0) is 45.6 Å². The molecule has 0 bridgehead atoms. The van der Waals surface area contributed by atoms with Gasteiger partial charge >= 0.3 is 0 Å². The highest BCUT2D eigenvalue weighted by atomic mass is 35.5. The van der Waals surface area contributed by atoms with E-state index >= 15 is 8.78 Å². The second-order valence-corrected chi connectivity index (χ2v) is 6.87. The summed E-state index contributed by atoms with van der Waals surface area (Å²) in [6, 6.07) is 8.47. The first-order valence-corrected chi connectivity index (χ1v) is 8.81. The van der Waals surface area contributed by atoms with E-state index in [9.17, 15) is 8.78 Å². The molecular weight excluding hydrogens is 410 g/mol. The van der Waals surface area contributed by atoms with Crippen LogP contribution in [0.15, 0.2) is 55.0 Å². The first-order chi connectivity index (χ1) is 13.8. The lowest BCUT2D eigenvalue weighted by molar-refractivity contribution is -0.0453. The zero-order valence-electron chi connectivity index (χ0n) is 14.6. The maximum Gasteiger partial charge on any atom is 0.298 e. The van der Waals surface area contributed by atoms with E-state index in [-0.39, 0.29) is 5.56 Å². The number of alkyl halides is 2. The first-order valence-electron chi connectivity index (χ1n) is 8.44. The number of hydrogen-bond donors (Lipinski definition) is 0. The Morgan fingerprint density at radius 2 is 1.86 bits per heavy atom. The van der Waals surface area contributed by atoms with Crippen molar-refractivity contribution in [2.75, 3.05) is 0 Å². The summed E-state index contributed by atoms with van der Waals surface area (Å²) in [6.45, 7) is -0.442. The van der Waals surface area contributed by atoms with Crippen molar-refractivity contribution < 1.29 is 17.6 Å². The maximum atomic E-state index is 15.6. The molecule has 148 valence electrons. The highest BCUT2D eigenvalue weighted by molar-refractivity contribution is 6.31. The van der Waals surface area contributed by atoms with Gasteiger partial charge in [0, 0.05) is 22.7 Å². The fourth-order valence-electron chi connectivity index (χ4n) is 3.12. The Morgan fingerprint density at radius 1 is 1.03 bits per heavy atom. The third-order valence-electron chi connectivity index (χ3n) is 4.56. The lowest BCUT2D eigenvalue weighted by Gasteiger charge is -2.27. The van der Waals surface area contributed by atoms with Gasteiger partial charge in [0.2, 0.25) is 0 Å². The van der Waals surface area contributed by atoms with E-state index in [0.717, 1.165) is 23.1 Å². The molecule has 0 saturated carbocycles. The molecule has 2 heterocycles. The Kier molecular flexibility index (Phi) is 4.91. The zero-order chi connectivity index (χ0) is 20.6. The lowest BCUT2D eigenvalue weighted by atomic mass is 9.89. The highest BCUT2D eigenvalue weighted by Gasteiger charge is 2.45. The number of benzene rings is 2. The van der Waals surface area contributed by atoms with Crippen molar-refractivity contribution >= 4 is 22.4 Å². The second kappa shape index (κ2) is 7.40. The fourth-order valence-corrected chi connectivity index (χ4v) is 3.30. The van der Waals surface area contributed by atoms with Gasteiger partial charge in [0.1, 0.15) is 23.7 Å². The molecule has 2 aromatic heterocycles. The van der Waals surface area contributed by atoms with E-state index in [2.05, 4.69) is 20.5 Å². The number of tetrazole rings is 1. The van der Waals surface area contributed by atoms with Crippen molar-refractivity contribution in [3.05, 3.63) is 82.9 Å². The summed E-state index contributed by atoms with van der Waals surface area (Å²) in [7, 11) is 0. The molecule has 2 aromatic carbocycles. The Balaban J connectivity index is 1.82. The van der Waals surface area contributed by atoms with E-state index in [1.54, 1.807) is 18.2 Å². The lowest BCUT2D eigenvalue weighted by Crippen LogP contribution is -2.30. The standard InChI is InChI=1S/C19H12ClF4N5/c20-13-2-1-11-6-18(25-8-12(11)5-13)19(23,24)16(9-29-10-26-27-28-29)15-4-3-14(21)7-17(15)22/h1-8,10,16H,9H2. The third-order valence-corrected chi connectivity index (χ3v) is 4.80. The number of fused-ring (bicyclic) bond motifs is 1. The van der Waals surface area contributed by atoms with Crippen LogP contribution in [0.3, 0.4) is 0 Å². The molecule has 0 amide bonds. The van der Waals surface area contributed by atoms with Gasteiger partial charge in [-0.1, -0.05) is 23.7 Å². The zero-order valence-corrected chi connectivity index (χ0v) is 15.4. The Hall–Kier alpha value is -3.07. The molecule has 1 unspecified atom stereocenters. The van der Waals surface area contributed by atoms with E-state index in [0.29, 0.717) is 21.9 Å². The molecule has 5 nitrogen and oxygen atoms in total. The van der Waals surface area contributed by atoms with Crippen LogP contribution in [0.5, 0.6) is 0 Å². The van der Waals surface area contributed by atoms with Crippen molar-refractivity contribution in [1.82, 2.24) is 25.2 Å². The van der Waals surface area contributed by atoms with Crippen LogP contribution in [0.4, 0.5) is 17.6 Å². The van der Waals surface area contributed by atoms with Crippen molar-refractivity contribution in [2.45, 2.75) is 18.4 Å². The molecule has 4 aromatic rings. The molecule has 1 atom stereocenters. The number of rotatable bonds is 5. The summed E-state index contributed by atoms with van der Waals surface area (Å²) in [5.74, 6) is -7.30. The molecule has 0 saturated heterocycles. The van der Waals surface area contributed by atoms with E-state index in [4.69, 9.17) is 11.6 Å². The van der Waals surface area contributed by atoms with Gasteiger partial charge in [-0.15, -0.1) is 5.10 Å². The number of pyridine rings is 1. The van der Waals surface area contributed by atoms with Crippen LogP contribution in [-0.4, -0.2) is 25.2 Å². The van der Waals surface area contributed by atoms with Crippen molar-refractivity contribution in [2.24, 2.45) is 0 Å². The highest BCUT2D eigenvalue weighted by Crippen LogP contribution is 2.43. The summed E-state index contributed by atoms with van der Waals surface area (Å²) >= 11 is 5.92. The molecule has 0 aliphatic heterocycles. The van der Waals surface area contributed by atoms with Gasteiger partial charge in [0.25, 0.3) is 5.92 Å². The summed E-state index contributed by atoms with van der Waals surface area (Å²) < 4.78 is 59.9. The van der Waals surface area contributed by atoms with Crippen LogP contribution in [-0.2, 0) is 12.5 Å². The molecular formula is C19H12ClF4N5. The van der Waals surface area contributed by atoms with Gasteiger partial charge in [0.05, 0.1) is 12.5 Å². The van der Waals surface area contributed by atoms with E-state index < -0.39 is 35.7 Å². The Morgan fingerprint density at radius 3 is 2.59 bits per heavy atom. The topological polar surface area (TPSA) is 56.5 Å². The minimum Gasteiger partial charge on any atom is -0.254 e.